The number of rotatable bonds is 1. The van der Waals surface area contributed by atoms with Crippen LogP contribution >= 0.6 is 0 Å². The molecule has 1 aliphatic heterocycles. The minimum absolute atomic E-state index is 0.235. The molecule has 0 radical (unpaired) electrons. The molecule has 0 aromatic carbocycles. The minimum atomic E-state index is 0.235. The zero-order valence-corrected chi connectivity index (χ0v) is 11.0. The molecule has 1 aliphatic carbocycles. The number of fused-ring (bicyclic) bond motifs is 1. The molecule has 1 aromatic rings. The van der Waals surface area contributed by atoms with Crippen LogP contribution in [0.4, 0.5) is 5.69 Å². The zero-order valence-electron chi connectivity index (χ0n) is 11.0. The van der Waals surface area contributed by atoms with E-state index in [1.165, 1.54) is 24.1 Å². The molecule has 1 aromatic heterocycles. The van der Waals surface area contributed by atoms with Crippen LogP contribution in [-0.4, -0.2) is 23.9 Å². The first kappa shape index (κ1) is 11.7. The van der Waals surface area contributed by atoms with Gasteiger partial charge in [-0.3, -0.25) is 4.79 Å². The Balaban J connectivity index is 2.02. The number of carbonyl (C=O) groups is 1. The lowest BCUT2D eigenvalue weighted by Gasteiger charge is -2.21. The fourth-order valence-electron chi connectivity index (χ4n) is 3.06. The topological polar surface area (TPSA) is 33.2 Å². The predicted molar refractivity (Wildman–Crippen MR) is 72.3 cm³/mol. The van der Waals surface area contributed by atoms with E-state index in [-0.39, 0.29) is 5.78 Å². The smallest absolute Gasteiger partial charge is 0.181 e. The van der Waals surface area contributed by atoms with Gasteiger partial charge in [0.05, 0.1) is 11.4 Å². The first-order valence-corrected chi connectivity index (χ1v) is 7.04. The number of aryl methyl sites for hydroxylation is 2. The zero-order chi connectivity index (χ0) is 12.5. The Morgan fingerprint density at radius 2 is 1.83 bits per heavy atom. The summed E-state index contributed by atoms with van der Waals surface area (Å²) in [6.45, 7) is 4.30. The van der Waals surface area contributed by atoms with Crippen molar-refractivity contribution in [3.63, 3.8) is 0 Å². The van der Waals surface area contributed by atoms with Crippen LogP contribution in [0.3, 0.4) is 0 Å². The number of hydrogen-bond donors (Lipinski definition) is 0. The quantitative estimate of drug-likeness (QED) is 0.712. The maximum atomic E-state index is 12.0. The molecule has 2 heterocycles. The summed E-state index contributed by atoms with van der Waals surface area (Å²) < 4.78 is 0. The summed E-state index contributed by atoms with van der Waals surface area (Å²) in [5.74, 6) is 0.235. The van der Waals surface area contributed by atoms with Gasteiger partial charge in [0.15, 0.2) is 5.78 Å². The number of nitrogens with zero attached hydrogens (tertiary/aromatic N) is 2. The molecule has 3 rings (SSSR count). The van der Waals surface area contributed by atoms with Gasteiger partial charge in [0, 0.05) is 19.5 Å². The van der Waals surface area contributed by atoms with Gasteiger partial charge >= 0.3 is 0 Å². The van der Waals surface area contributed by atoms with E-state index in [1.54, 1.807) is 0 Å². The highest BCUT2D eigenvalue weighted by atomic mass is 16.1. The second-order valence-corrected chi connectivity index (χ2v) is 5.43. The average Bonchev–Trinajstić information content (AvgIpc) is 2.83. The van der Waals surface area contributed by atoms with Crippen LogP contribution in [0.15, 0.2) is 6.07 Å². The second kappa shape index (κ2) is 4.71. The molecule has 3 nitrogen and oxygen atoms in total. The Morgan fingerprint density at radius 1 is 1.11 bits per heavy atom. The van der Waals surface area contributed by atoms with Gasteiger partial charge in [-0.05, 0) is 50.7 Å². The maximum Gasteiger partial charge on any atom is 0.181 e. The highest BCUT2D eigenvalue weighted by Crippen LogP contribution is 2.28. The van der Waals surface area contributed by atoms with Crippen LogP contribution in [0.1, 0.15) is 53.8 Å². The highest BCUT2D eigenvalue weighted by molar-refractivity contribution is 5.96. The van der Waals surface area contributed by atoms with E-state index in [9.17, 15) is 4.79 Å². The van der Waals surface area contributed by atoms with Gasteiger partial charge in [0.2, 0.25) is 0 Å². The molecule has 0 amide bonds. The molecule has 0 atom stereocenters. The molecular formula is C15H20N2O. The second-order valence-electron chi connectivity index (χ2n) is 5.43. The number of hydrogen-bond acceptors (Lipinski definition) is 3. The number of aromatic nitrogens is 1. The van der Waals surface area contributed by atoms with Gasteiger partial charge in [-0.15, -0.1) is 0 Å². The van der Waals surface area contributed by atoms with E-state index in [1.807, 2.05) is 6.92 Å². The first-order chi connectivity index (χ1) is 8.75. The Morgan fingerprint density at radius 3 is 2.61 bits per heavy atom. The molecular weight excluding hydrogens is 224 g/mol. The number of ketones is 1. The van der Waals surface area contributed by atoms with Crippen molar-refractivity contribution in [1.82, 2.24) is 4.98 Å². The molecule has 1 saturated heterocycles. The van der Waals surface area contributed by atoms with Crippen molar-refractivity contribution in [3.8, 4) is 0 Å². The number of Topliss-reactive ketones (excluding diaryl/α,β-unsaturated/α-hetero) is 1. The van der Waals surface area contributed by atoms with E-state index in [0.29, 0.717) is 6.42 Å². The highest BCUT2D eigenvalue weighted by Gasteiger charge is 2.21. The van der Waals surface area contributed by atoms with E-state index >= 15 is 0 Å². The fraction of sp³-hybridized carbons (Fsp3) is 0.600. The molecule has 0 N–H and O–H groups in total. The van der Waals surface area contributed by atoms with E-state index in [0.717, 1.165) is 43.7 Å². The summed E-state index contributed by atoms with van der Waals surface area (Å²) in [6, 6.07) is 2.23. The van der Waals surface area contributed by atoms with Crippen molar-refractivity contribution in [2.24, 2.45) is 0 Å². The summed E-state index contributed by atoms with van der Waals surface area (Å²) in [6.07, 6.45) is 6.35. The van der Waals surface area contributed by atoms with Gasteiger partial charge in [-0.2, -0.15) is 0 Å². The summed E-state index contributed by atoms with van der Waals surface area (Å²) in [5.41, 5.74) is 4.18. The normalized spacial score (nSPS) is 19.8. The van der Waals surface area contributed by atoms with Gasteiger partial charge in [0.25, 0.3) is 0 Å². The van der Waals surface area contributed by atoms with Crippen molar-refractivity contribution in [3.05, 3.63) is 23.0 Å². The fourth-order valence-corrected chi connectivity index (χ4v) is 3.06. The molecule has 0 unspecified atom stereocenters. The average molecular weight is 244 g/mol. The van der Waals surface area contributed by atoms with Crippen molar-refractivity contribution in [1.29, 1.82) is 0 Å². The molecule has 0 saturated carbocycles. The number of carbonyl (C=O) groups excluding carboxylic acids is 1. The van der Waals surface area contributed by atoms with Crippen molar-refractivity contribution in [2.45, 2.75) is 45.4 Å². The summed E-state index contributed by atoms with van der Waals surface area (Å²) in [4.78, 5) is 19.0. The molecule has 0 bridgehead atoms. The standard InChI is InChI=1S/C15H20N2O/c1-11-13(17-8-4-5-9-17)10-12-6-2-3-7-14(18)15(12)16-11/h10H,2-9H2,1H3. The van der Waals surface area contributed by atoms with Crippen molar-refractivity contribution < 1.29 is 4.79 Å². The maximum absolute atomic E-state index is 12.0. The van der Waals surface area contributed by atoms with Crippen molar-refractivity contribution in [2.75, 3.05) is 18.0 Å². The van der Waals surface area contributed by atoms with Gasteiger partial charge in [-0.1, -0.05) is 0 Å². The summed E-state index contributed by atoms with van der Waals surface area (Å²) in [5, 5.41) is 0. The monoisotopic (exact) mass is 244 g/mol. The van der Waals surface area contributed by atoms with Crippen LogP contribution in [0.5, 0.6) is 0 Å². The third-order valence-corrected chi connectivity index (χ3v) is 4.08. The Hall–Kier alpha value is -1.38. The van der Waals surface area contributed by atoms with E-state index in [4.69, 9.17) is 0 Å². The molecule has 96 valence electrons. The minimum Gasteiger partial charge on any atom is -0.370 e. The third kappa shape index (κ3) is 2.02. The number of pyridine rings is 1. The Bertz CT molecular complexity index is 476. The van der Waals surface area contributed by atoms with Gasteiger partial charge in [-0.25, -0.2) is 4.98 Å². The van der Waals surface area contributed by atoms with E-state index < -0.39 is 0 Å². The van der Waals surface area contributed by atoms with Crippen LogP contribution in [-0.2, 0) is 6.42 Å². The van der Waals surface area contributed by atoms with Crippen LogP contribution < -0.4 is 4.90 Å². The summed E-state index contributed by atoms with van der Waals surface area (Å²) in [7, 11) is 0. The predicted octanol–water partition coefficient (Wildman–Crippen LogP) is 2.90. The molecule has 3 heteroatoms. The van der Waals surface area contributed by atoms with Gasteiger partial charge < -0.3 is 4.90 Å². The molecule has 1 fully saturated rings. The summed E-state index contributed by atoms with van der Waals surface area (Å²) >= 11 is 0. The molecule has 0 spiro atoms. The lowest BCUT2D eigenvalue weighted by molar-refractivity contribution is 0.0977. The Kier molecular flexibility index (Phi) is 3.06. The van der Waals surface area contributed by atoms with Crippen LogP contribution in [0.25, 0.3) is 0 Å². The van der Waals surface area contributed by atoms with Crippen LogP contribution in [0, 0.1) is 6.92 Å². The largest absolute Gasteiger partial charge is 0.370 e. The lowest BCUT2D eigenvalue weighted by atomic mass is 10.1. The Labute approximate surface area is 108 Å². The first-order valence-electron chi connectivity index (χ1n) is 7.04. The third-order valence-electron chi connectivity index (χ3n) is 4.08. The van der Waals surface area contributed by atoms with Crippen LogP contribution in [0.2, 0.25) is 0 Å². The molecule has 18 heavy (non-hydrogen) atoms. The van der Waals surface area contributed by atoms with E-state index in [2.05, 4.69) is 16.0 Å². The van der Waals surface area contributed by atoms with Crippen molar-refractivity contribution >= 4 is 11.5 Å². The lowest BCUT2D eigenvalue weighted by Crippen LogP contribution is -2.20. The molecule has 2 aliphatic rings. The number of anilines is 1. The SMILES string of the molecule is Cc1nc2c(cc1N1CCCC1)CCCCC2=O. The van der Waals surface area contributed by atoms with Gasteiger partial charge in [0.1, 0.15) is 5.69 Å².